The number of rotatable bonds is 7. The first-order valence-corrected chi connectivity index (χ1v) is 14.8. The highest BCUT2D eigenvalue weighted by atomic mass is 16.5. The number of hydrogen-bond acceptors (Lipinski definition) is 7. The van der Waals surface area contributed by atoms with Gasteiger partial charge >= 0.3 is 5.69 Å². The van der Waals surface area contributed by atoms with Gasteiger partial charge in [0.25, 0.3) is 5.91 Å². The number of nitrogen functional groups attached to an aromatic ring is 1. The fraction of sp³-hybridized carbons (Fsp3) is 0.516. The molecule has 10 nitrogen and oxygen atoms in total. The first-order chi connectivity index (χ1) is 19.9. The van der Waals surface area contributed by atoms with Crippen LogP contribution < -0.4 is 16.7 Å². The molecule has 3 aromatic rings. The van der Waals surface area contributed by atoms with E-state index >= 15 is 0 Å². The molecule has 0 aliphatic carbocycles. The van der Waals surface area contributed by atoms with Crippen molar-refractivity contribution < 1.29 is 14.3 Å². The van der Waals surface area contributed by atoms with Crippen molar-refractivity contribution in [1.29, 1.82) is 0 Å². The van der Waals surface area contributed by atoms with Crippen molar-refractivity contribution in [3.8, 4) is 0 Å². The summed E-state index contributed by atoms with van der Waals surface area (Å²) in [5.74, 6) is -0.626. The predicted octanol–water partition coefficient (Wildman–Crippen LogP) is 2.20. The van der Waals surface area contributed by atoms with E-state index in [1.54, 1.807) is 11.6 Å². The van der Waals surface area contributed by atoms with Crippen molar-refractivity contribution in [2.45, 2.75) is 63.4 Å². The maximum absolute atomic E-state index is 13.2. The van der Waals surface area contributed by atoms with Crippen molar-refractivity contribution in [3.05, 3.63) is 64.1 Å². The van der Waals surface area contributed by atoms with Gasteiger partial charge in [0, 0.05) is 65.0 Å². The third-order valence-corrected chi connectivity index (χ3v) is 8.90. The van der Waals surface area contributed by atoms with Crippen molar-refractivity contribution in [2.24, 2.45) is 7.05 Å². The number of imidazole rings is 1. The van der Waals surface area contributed by atoms with Crippen LogP contribution in [-0.2, 0) is 34.5 Å². The Balaban J connectivity index is 1.04. The molecule has 0 radical (unpaired) electrons. The van der Waals surface area contributed by atoms with E-state index in [0.717, 1.165) is 75.2 Å². The van der Waals surface area contributed by atoms with E-state index in [2.05, 4.69) is 27.2 Å². The first-order valence-electron chi connectivity index (χ1n) is 14.8. The fourth-order valence-corrected chi connectivity index (χ4v) is 6.65. The molecule has 218 valence electrons. The Morgan fingerprint density at radius 1 is 0.878 bits per heavy atom. The lowest BCUT2D eigenvalue weighted by atomic mass is 10.0. The second-order valence-corrected chi connectivity index (χ2v) is 11.7. The summed E-state index contributed by atoms with van der Waals surface area (Å²) < 4.78 is 9.50. The number of piperidine rings is 3. The number of ether oxygens (including phenoxy) is 1. The third-order valence-electron chi connectivity index (χ3n) is 8.90. The summed E-state index contributed by atoms with van der Waals surface area (Å²) in [7, 11) is 1.72. The average Bonchev–Trinajstić information content (AvgIpc) is 3.22. The maximum Gasteiger partial charge on any atom is 0.329 e. The molecule has 6 rings (SSSR count). The van der Waals surface area contributed by atoms with Gasteiger partial charge in [0.15, 0.2) is 11.8 Å². The van der Waals surface area contributed by atoms with Crippen molar-refractivity contribution >= 4 is 28.4 Å². The molecule has 3 fully saturated rings. The highest BCUT2D eigenvalue weighted by Crippen LogP contribution is 2.27. The molecule has 3 aliphatic heterocycles. The summed E-state index contributed by atoms with van der Waals surface area (Å²) >= 11 is 0. The van der Waals surface area contributed by atoms with Crippen LogP contribution in [0.25, 0.3) is 11.0 Å². The number of anilines is 1. The van der Waals surface area contributed by atoms with Gasteiger partial charge in [0.2, 0.25) is 0 Å². The molecule has 41 heavy (non-hydrogen) atoms. The Labute approximate surface area is 240 Å². The van der Waals surface area contributed by atoms with E-state index in [0.29, 0.717) is 24.7 Å². The Hall–Kier alpha value is -3.47. The summed E-state index contributed by atoms with van der Waals surface area (Å²) in [6.45, 7) is 5.93. The van der Waals surface area contributed by atoms with Crippen LogP contribution in [0.1, 0.15) is 49.3 Å². The molecule has 3 aliphatic rings. The van der Waals surface area contributed by atoms with Gasteiger partial charge in [0.1, 0.15) is 0 Å². The van der Waals surface area contributed by atoms with Crippen LogP contribution in [0.5, 0.6) is 0 Å². The van der Waals surface area contributed by atoms with Gasteiger partial charge in [-0.25, -0.2) is 4.79 Å². The molecule has 1 atom stereocenters. The van der Waals surface area contributed by atoms with Crippen molar-refractivity contribution in [2.75, 3.05) is 38.5 Å². The quantitative estimate of drug-likeness (QED) is 0.336. The minimum Gasteiger partial charge on any atom is -0.399 e. The lowest BCUT2D eigenvalue weighted by Crippen LogP contribution is -2.46. The number of aromatic nitrogens is 2. The smallest absolute Gasteiger partial charge is 0.329 e. The maximum atomic E-state index is 13.2. The highest BCUT2D eigenvalue weighted by molar-refractivity contribution is 6.06. The number of carbonyl (C=O) groups is 2. The number of aryl methyl sites for hydroxylation is 1. The van der Waals surface area contributed by atoms with E-state index in [4.69, 9.17) is 10.5 Å². The minimum atomic E-state index is -1.10. The largest absolute Gasteiger partial charge is 0.399 e. The van der Waals surface area contributed by atoms with Crippen molar-refractivity contribution in [1.82, 2.24) is 24.3 Å². The number of hydrogen-bond donors (Lipinski definition) is 2. The summed E-state index contributed by atoms with van der Waals surface area (Å²) in [5.41, 5.74) is 10.0. The van der Waals surface area contributed by atoms with Gasteiger partial charge < -0.3 is 15.8 Å². The van der Waals surface area contributed by atoms with E-state index in [1.807, 2.05) is 30.3 Å². The number of ketones is 1. The van der Waals surface area contributed by atoms with Gasteiger partial charge in [-0.3, -0.25) is 28.5 Å². The number of nitrogens with zero attached hydrogens (tertiary/aromatic N) is 4. The first kappa shape index (κ1) is 27.7. The molecule has 4 heterocycles. The van der Waals surface area contributed by atoms with Gasteiger partial charge in [-0.15, -0.1) is 0 Å². The van der Waals surface area contributed by atoms with E-state index in [1.165, 1.54) is 10.1 Å². The number of Topliss-reactive ketones (excluding diaryl/α,β-unsaturated/α-hetero) is 1. The Bertz CT molecular complexity index is 1450. The number of fused-ring (bicyclic) bond motifs is 1. The van der Waals surface area contributed by atoms with Crippen molar-refractivity contribution in [3.63, 3.8) is 0 Å². The Morgan fingerprint density at radius 3 is 2.15 bits per heavy atom. The minimum absolute atomic E-state index is 0.219. The van der Waals surface area contributed by atoms with Gasteiger partial charge in [-0.2, -0.15) is 0 Å². The molecule has 0 bridgehead atoms. The second-order valence-electron chi connectivity index (χ2n) is 11.7. The lowest BCUT2D eigenvalue weighted by Gasteiger charge is -2.37. The van der Waals surface area contributed by atoms with E-state index < -0.39 is 11.9 Å². The molecule has 1 amide bonds. The fourth-order valence-electron chi connectivity index (χ4n) is 6.65. The molecule has 3 saturated heterocycles. The lowest BCUT2D eigenvalue weighted by molar-refractivity contribution is -0.135. The number of carbonyl (C=O) groups excluding carboxylic acids is 2. The zero-order valence-corrected chi connectivity index (χ0v) is 23.8. The summed E-state index contributed by atoms with van der Waals surface area (Å²) in [5, 5.41) is 2.73. The molecular formula is C31H40N6O4. The van der Waals surface area contributed by atoms with Crippen LogP contribution in [0.2, 0.25) is 0 Å². The molecule has 1 aromatic heterocycles. The molecular weight excluding hydrogens is 520 g/mol. The number of amides is 1. The van der Waals surface area contributed by atoms with Crippen LogP contribution in [0.15, 0.2) is 47.3 Å². The molecule has 0 spiro atoms. The Morgan fingerprint density at radius 2 is 1.51 bits per heavy atom. The van der Waals surface area contributed by atoms with E-state index in [-0.39, 0.29) is 24.0 Å². The average molecular weight is 561 g/mol. The zero-order chi connectivity index (χ0) is 28.5. The summed E-state index contributed by atoms with van der Waals surface area (Å²) in [6.07, 6.45) is 4.91. The number of nitrogens with two attached hydrogens (primary N) is 1. The monoisotopic (exact) mass is 560 g/mol. The van der Waals surface area contributed by atoms with Gasteiger partial charge in [0.05, 0.1) is 23.2 Å². The van der Waals surface area contributed by atoms with Crippen LogP contribution >= 0.6 is 0 Å². The van der Waals surface area contributed by atoms with Gasteiger partial charge in [-0.05, 0) is 55.0 Å². The zero-order valence-electron chi connectivity index (χ0n) is 23.8. The number of nitrogens with one attached hydrogen (secondary N) is 1. The predicted molar refractivity (Wildman–Crippen MR) is 157 cm³/mol. The topological polar surface area (TPSA) is 115 Å². The molecule has 3 N–H and O–H groups in total. The molecule has 1 unspecified atom stereocenters. The highest BCUT2D eigenvalue weighted by Gasteiger charge is 2.35. The normalized spacial score (nSPS) is 21.9. The van der Waals surface area contributed by atoms with Crippen LogP contribution in [0, 0.1) is 0 Å². The number of para-hydroxylation sites is 1. The SMILES string of the molecule is Cn1c(=O)n(C2C(=O)CCNC2=O)c2cccc(CN3CCC(OC4CCN(Cc5ccc(N)cc5)CC4)CC3)c21. The second kappa shape index (κ2) is 11.8. The standard InChI is InChI=1S/C31H40N6O4/c1-34-28-22(3-2-4-26(28)37(31(34)40)29-27(38)9-14-33-30(29)39)20-36-17-12-25(13-18-36)41-24-10-15-35(16-11-24)19-21-5-7-23(32)8-6-21/h2-8,24-25,29H,9-20,32H2,1H3,(H,33,39). The molecule has 10 heteroatoms. The van der Waals surface area contributed by atoms with Crippen LogP contribution in [0.3, 0.4) is 0 Å². The van der Waals surface area contributed by atoms with E-state index in [9.17, 15) is 14.4 Å². The molecule has 2 aromatic carbocycles. The van der Waals surface area contributed by atoms with Crippen LogP contribution in [0.4, 0.5) is 5.69 Å². The van der Waals surface area contributed by atoms with Crippen LogP contribution in [-0.4, -0.2) is 75.6 Å². The number of benzene rings is 2. The Kier molecular flexibility index (Phi) is 7.96. The summed E-state index contributed by atoms with van der Waals surface area (Å²) in [4.78, 5) is 43.3. The molecule has 0 saturated carbocycles. The number of likely N-dealkylation sites (tertiary alicyclic amines) is 2. The van der Waals surface area contributed by atoms with Gasteiger partial charge in [-0.1, -0.05) is 24.3 Å². The summed E-state index contributed by atoms with van der Waals surface area (Å²) in [6, 6.07) is 12.8. The third kappa shape index (κ3) is 5.82.